The van der Waals surface area contributed by atoms with Crippen molar-refractivity contribution in [2.45, 2.75) is 6.92 Å². The van der Waals surface area contributed by atoms with E-state index in [-0.39, 0.29) is 0 Å². The van der Waals surface area contributed by atoms with Crippen molar-refractivity contribution in [1.82, 2.24) is 0 Å². The van der Waals surface area contributed by atoms with Gasteiger partial charge in [-0.1, -0.05) is 29.3 Å². The summed E-state index contributed by atoms with van der Waals surface area (Å²) < 4.78 is 10.4. The molecule has 2 aromatic rings. The number of hydrogen-bond donors (Lipinski definition) is 0. The standard InChI is InChI=1S/C15H12Cl2O3/c1-2-19-14(18)9-7-10-6-8-13(20-10)11-4-3-5-12(16)15(11)17/h3-9H,2H2,1H3/b9-7+. The number of ether oxygens (including phenoxy) is 1. The molecule has 0 spiro atoms. The van der Waals surface area contributed by atoms with Gasteiger partial charge in [-0.15, -0.1) is 0 Å². The van der Waals surface area contributed by atoms with Crippen LogP contribution in [-0.2, 0) is 9.53 Å². The SMILES string of the molecule is CCOC(=O)/C=C/c1ccc(-c2cccc(Cl)c2Cl)o1. The fourth-order valence-electron chi connectivity index (χ4n) is 1.62. The smallest absolute Gasteiger partial charge is 0.330 e. The van der Waals surface area contributed by atoms with Gasteiger partial charge in [0.15, 0.2) is 0 Å². The summed E-state index contributed by atoms with van der Waals surface area (Å²) in [6.07, 6.45) is 2.85. The zero-order valence-corrected chi connectivity index (χ0v) is 12.2. The van der Waals surface area contributed by atoms with E-state index in [1.807, 2.05) is 6.07 Å². The van der Waals surface area contributed by atoms with Crippen LogP contribution >= 0.6 is 23.2 Å². The van der Waals surface area contributed by atoms with Crippen molar-refractivity contribution in [3.63, 3.8) is 0 Å². The van der Waals surface area contributed by atoms with Crippen LogP contribution in [0.15, 0.2) is 40.8 Å². The second kappa shape index (κ2) is 6.64. The molecular formula is C15H12Cl2O3. The highest BCUT2D eigenvalue weighted by molar-refractivity contribution is 6.43. The highest BCUT2D eigenvalue weighted by Gasteiger charge is 2.10. The van der Waals surface area contributed by atoms with E-state index < -0.39 is 5.97 Å². The molecule has 1 aromatic heterocycles. The van der Waals surface area contributed by atoms with Gasteiger partial charge >= 0.3 is 5.97 Å². The molecule has 0 aliphatic carbocycles. The van der Waals surface area contributed by atoms with Crippen LogP contribution in [0.4, 0.5) is 0 Å². The molecule has 20 heavy (non-hydrogen) atoms. The third-order valence-electron chi connectivity index (χ3n) is 2.51. The number of hydrogen-bond acceptors (Lipinski definition) is 3. The molecule has 0 aliphatic rings. The van der Waals surface area contributed by atoms with E-state index in [0.717, 1.165) is 0 Å². The summed E-state index contributed by atoms with van der Waals surface area (Å²) >= 11 is 12.1. The molecule has 0 radical (unpaired) electrons. The zero-order chi connectivity index (χ0) is 14.5. The minimum atomic E-state index is -0.411. The van der Waals surface area contributed by atoms with Gasteiger partial charge < -0.3 is 9.15 Å². The molecule has 0 fully saturated rings. The van der Waals surface area contributed by atoms with E-state index in [9.17, 15) is 4.79 Å². The Morgan fingerprint density at radius 3 is 2.85 bits per heavy atom. The third-order valence-corrected chi connectivity index (χ3v) is 3.33. The number of esters is 1. The first-order valence-electron chi connectivity index (χ1n) is 6.01. The van der Waals surface area contributed by atoms with Gasteiger partial charge in [0.2, 0.25) is 0 Å². The molecule has 1 aromatic carbocycles. The van der Waals surface area contributed by atoms with Crippen LogP contribution < -0.4 is 0 Å². The van der Waals surface area contributed by atoms with Crippen molar-refractivity contribution in [2.24, 2.45) is 0 Å². The molecule has 0 saturated heterocycles. The van der Waals surface area contributed by atoms with Gasteiger partial charge in [0.05, 0.1) is 16.7 Å². The lowest BCUT2D eigenvalue weighted by molar-refractivity contribution is -0.137. The lowest BCUT2D eigenvalue weighted by Crippen LogP contribution is -1.98. The molecule has 0 atom stereocenters. The molecule has 2 rings (SSSR count). The molecule has 5 heteroatoms. The van der Waals surface area contributed by atoms with Crippen LogP contribution in [0.3, 0.4) is 0 Å². The van der Waals surface area contributed by atoms with Crippen molar-refractivity contribution in [3.8, 4) is 11.3 Å². The van der Waals surface area contributed by atoms with Crippen molar-refractivity contribution in [1.29, 1.82) is 0 Å². The number of furan rings is 1. The van der Waals surface area contributed by atoms with Crippen LogP contribution in [0.25, 0.3) is 17.4 Å². The summed E-state index contributed by atoms with van der Waals surface area (Å²) in [5.74, 6) is 0.705. The van der Waals surface area contributed by atoms with Gasteiger partial charge in [0, 0.05) is 11.6 Å². The van der Waals surface area contributed by atoms with Crippen molar-refractivity contribution in [3.05, 3.63) is 52.2 Å². The molecular weight excluding hydrogens is 299 g/mol. The summed E-state index contributed by atoms with van der Waals surface area (Å²) in [6, 6.07) is 8.81. The summed E-state index contributed by atoms with van der Waals surface area (Å²) in [5.41, 5.74) is 0.704. The maximum absolute atomic E-state index is 11.2. The predicted molar refractivity (Wildman–Crippen MR) is 79.8 cm³/mol. The molecule has 1 heterocycles. The molecule has 0 N–H and O–H groups in total. The maximum Gasteiger partial charge on any atom is 0.330 e. The van der Waals surface area contributed by atoms with Crippen molar-refractivity contribution < 1.29 is 13.9 Å². The lowest BCUT2D eigenvalue weighted by Gasteiger charge is -2.01. The van der Waals surface area contributed by atoms with Gasteiger partial charge in [-0.25, -0.2) is 4.79 Å². The second-order valence-corrected chi connectivity index (χ2v) is 4.67. The zero-order valence-electron chi connectivity index (χ0n) is 10.7. The Kier molecular flexibility index (Phi) is 4.88. The van der Waals surface area contributed by atoms with Gasteiger partial charge in [0.1, 0.15) is 11.5 Å². The van der Waals surface area contributed by atoms with Crippen LogP contribution in [-0.4, -0.2) is 12.6 Å². The van der Waals surface area contributed by atoms with E-state index in [0.29, 0.717) is 33.7 Å². The summed E-state index contributed by atoms with van der Waals surface area (Å²) in [5, 5.41) is 0.897. The predicted octanol–water partition coefficient (Wildman–Crippen LogP) is 4.83. The first kappa shape index (κ1) is 14.7. The Morgan fingerprint density at radius 2 is 2.10 bits per heavy atom. The molecule has 0 bridgehead atoms. The van der Waals surface area contributed by atoms with Crippen molar-refractivity contribution in [2.75, 3.05) is 6.61 Å². The van der Waals surface area contributed by atoms with E-state index in [4.69, 9.17) is 32.4 Å². The van der Waals surface area contributed by atoms with E-state index in [2.05, 4.69) is 0 Å². The van der Waals surface area contributed by atoms with Crippen LogP contribution in [0.2, 0.25) is 10.0 Å². The highest BCUT2D eigenvalue weighted by Crippen LogP contribution is 2.34. The van der Waals surface area contributed by atoms with E-state index in [1.54, 1.807) is 37.3 Å². The average Bonchev–Trinajstić information content (AvgIpc) is 2.89. The molecule has 0 unspecified atom stereocenters. The fourth-order valence-corrected chi connectivity index (χ4v) is 2.02. The average molecular weight is 311 g/mol. The number of halogens is 2. The second-order valence-electron chi connectivity index (χ2n) is 3.89. The van der Waals surface area contributed by atoms with E-state index in [1.165, 1.54) is 6.08 Å². The minimum absolute atomic E-state index is 0.338. The van der Waals surface area contributed by atoms with Gasteiger partial charge in [-0.3, -0.25) is 0 Å². The lowest BCUT2D eigenvalue weighted by atomic mass is 10.2. The highest BCUT2D eigenvalue weighted by atomic mass is 35.5. The third kappa shape index (κ3) is 3.44. The number of carbonyl (C=O) groups is 1. The number of benzene rings is 1. The van der Waals surface area contributed by atoms with Crippen LogP contribution in [0, 0.1) is 0 Å². The Labute approximate surface area is 126 Å². The summed E-state index contributed by atoms with van der Waals surface area (Å²) in [7, 11) is 0. The first-order chi connectivity index (χ1) is 9.61. The largest absolute Gasteiger partial charge is 0.463 e. The Hall–Kier alpha value is -1.71. The maximum atomic E-state index is 11.2. The molecule has 0 saturated carbocycles. The summed E-state index contributed by atoms with van der Waals surface area (Å²) in [4.78, 5) is 11.2. The number of rotatable bonds is 4. The molecule has 0 aliphatic heterocycles. The van der Waals surface area contributed by atoms with Crippen LogP contribution in [0.5, 0.6) is 0 Å². The van der Waals surface area contributed by atoms with E-state index >= 15 is 0 Å². The Bertz CT molecular complexity index is 644. The fraction of sp³-hybridized carbons (Fsp3) is 0.133. The Balaban J connectivity index is 2.21. The van der Waals surface area contributed by atoms with Crippen LogP contribution in [0.1, 0.15) is 12.7 Å². The van der Waals surface area contributed by atoms with Crippen molar-refractivity contribution >= 4 is 35.2 Å². The number of carbonyl (C=O) groups excluding carboxylic acids is 1. The molecule has 3 nitrogen and oxygen atoms in total. The molecule has 0 amide bonds. The monoisotopic (exact) mass is 310 g/mol. The minimum Gasteiger partial charge on any atom is -0.463 e. The van der Waals surface area contributed by atoms with Gasteiger partial charge in [-0.2, -0.15) is 0 Å². The normalized spacial score (nSPS) is 10.9. The Morgan fingerprint density at radius 1 is 1.30 bits per heavy atom. The topological polar surface area (TPSA) is 39.4 Å². The first-order valence-corrected chi connectivity index (χ1v) is 6.76. The summed E-state index contributed by atoms with van der Waals surface area (Å²) in [6.45, 7) is 2.09. The van der Waals surface area contributed by atoms with Gasteiger partial charge in [0.25, 0.3) is 0 Å². The quantitative estimate of drug-likeness (QED) is 0.600. The molecule has 104 valence electrons. The van der Waals surface area contributed by atoms with Gasteiger partial charge in [-0.05, 0) is 37.3 Å².